The van der Waals surface area contributed by atoms with Crippen LogP contribution in [0, 0.1) is 5.92 Å². The molecule has 1 aliphatic heterocycles. The molecule has 0 radical (unpaired) electrons. The molecular weight excluding hydrogens is 711 g/mol. The van der Waals surface area contributed by atoms with Crippen molar-refractivity contribution >= 4 is 5.97 Å². The van der Waals surface area contributed by atoms with Crippen LogP contribution in [0.3, 0.4) is 0 Å². The zero-order valence-corrected chi connectivity index (χ0v) is 32.6. The number of methoxy groups -OCH3 is 2. The van der Waals surface area contributed by atoms with E-state index in [1.807, 2.05) is 24.3 Å². The fraction of sp³-hybridized carbons (Fsp3) is 0.690. The number of carbonyl (C=O) groups excluding carboxylic acids is 1. The quantitative estimate of drug-likeness (QED) is 0.0387. The van der Waals surface area contributed by atoms with Crippen molar-refractivity contribution in [1.82, 2.24) is 0 Å². The van der Waals surface area contributed by atoms with Gasteiger partial charge in [0.2, 0.25) is 0 Å². The Hall–Kier alpha value is -3.12. The zero-order chi connectivity index (χ0) is 39.5. The molecule has 1 heterocycles. The number of hydrogen-bond acceptors (Lipinski definition) is 7. The summed E-state index contributed by atoms with van der Waals surface area (Å²) in [6.07, 6.45) is 4.91. The fourth-order valence-corrected chi connectivity index (χ4v) is 7.52. The zero-order valence-electron chi connectivity index (χ0n) is 32.6. The van der Waals surface area contributed by atoms with Crippen LogP contribution in [0.25, 0.3) is 0 Å². The van der Waals surface area contributed by atoms with Crippen LogP contribution in [0.2, 0.25) is 0 Å². The number of hydrogen-bond donors (Lipinski definition) is 0. The molecule has 3 unspecified atom stereocenters. The summed E-state index contributed by atoms with van der Waals surface area (Å²) in [6, 6.07) is 14.4. The number of fused-ring (bicyclic) bond motifs is 1. The Bertz CT molecular complexity index is 1350. The maximum Gasteiger partial charge on any atom is 0.453 e. The van der Waals surface area contributed by atoms with Crippen LogP contribution in [0.15, 0.2) is 42.5 Å². The number of unbranched alkanes of at least 4 members (excludes halogenated alkanes) is 9. The Morgan fingerprint density at radius 3 is 1.91 bits per heavy atom. The molecule has 3 atom stereocenters. The molecule has 7 nitrogen and oxygen atoms in total. The van der Waals surface area contributed by atoms with Gasteiger partial charge in [0.05, 0.1) is 19.1 Å². The van der Waals surface area contributed by atoms with Gasteiger partial charge < -0.3 is 28.4 Å². The van der Waals surface area contributed by atoms with E-state index < -0.39 is 18.5 Å². The van der Waals surface area contributed by atoms with Crippen LogP contribution >= 0.6 is 0 Å². The van der Waals surface area contributed by atoms with Gasteiger partial charge in [-0.05, 0) is 68.4 Å². The van der Waals surface area contributed by atoms with Crippen molar-refractivity contribution in [3.8, 4) is 17.2 Å². The van der Waals surface area contributed by atoms with E-state index in [1.54, 1.807) is 21.1 Å². The second kappa shape index (κ2) is 23.1. The number of ether oxygens (including phenoxy) is 6. The predicted molar refractivity (Wildman–Crippen MR) is 198 cm³/mol. The minimum absolute atomic E-state index is 0.164. The first-order valence-corrected chi connectivity index (χ1v) is 19.6. The maximum atomic E-state index is 13.1. The van der Waals surface area contributed by atoms with Gasteiger partial charge in [-0.25, -0.2) is 0 Å². The maximum absolute atomic E-state index is 13.1. The van der Waals surface area contributed by atoms with Crippen LogP contribution in [0.1, 0.15) is 134 Å². The summed E-state index contributed by atoms with van der Waals surface area (Å²) in [5.74, 6) is -2.63. The topological polar surface area (TPSA) is 72.5 Å². The first-order chi connectivity index (χ1) is 25.9. The number of carbonyl (C=O) groups is 1. The lowest BCUT2D eigenvalue weighted by Gasteiger charge is -2.45. The van der Waals surface area contributed by atoms with E-state index in [0.717, 1.165) is 69.3 Å². The molecule has 2 aromatic rings. The van der Waals surface area contributed by atoms with E-state index in [1.165, 1.54) is 11.1 Å². The lowest BCUT2D eigenvalue weighted by molar-refractivity contribution is -0.284. The Balaban J connectivity index is 1.48. The third-order valence-electron chi connectivity index (χ3n) is 10.6. The van der Waals surface area contributed by atoms with Gasteiger partial charge in [-0.15, -0.1) is 0 Å². The van der Waals surface area contributed by atoms with Crippen molar-refractivity contribution in [3.05, 3.63) is 53.6 Å². The average molecular weight is 773 g/mol. The number of esters is 1. The molecule has 12 heteroatoms. The Labute approximate surface area is 318 Å². The molecule has 0 spiro atoms. The summed E-state index contributed by atoms with van der Waals surface area (Å²) >= 11 is 0. The first-order valence-electron chi connectivity index (χ1n) is 19.6. The van der Waals surface area contributed by atoms with Crippen LogP contribution in [-0.2, 0) is 24.4 Å². The number of alkyl halides is 5. The second-order valence-corrected chi connectivity index (χ2v) is 14.3. The third-order valence-corrected chi connectivity index (χ3v) is 10.6. The van der Waals surface area contributed by atoms with Crippen molar-refractivity contribution in [1.29, 1.82) is 0 Å². The molecule has 54 heavy (non-hydrogen) atoms. The first kappa shape index (κ1) is 45.3. The summed E-state index contributed by atoms with van der Waals surface area (Å²) < 4.78 is 96.7. The molecule has 1 aliphatic rings. The highest BCUT2D eigenvalue weighted by Crippen LogP contribution is 2.52. The van der Waals surface area contributed by atoms with Gasteiger partial charge in [-0.3, -0.25) is 4.79 Å². The summed E-state index contributed by atoms with van der Waals surface area (Å²) in [7, 11) is 3.19. The lowest BCUT2D eigenvalue weighted by atomic mass is 9.63. The van der Waals surface area contributed by atoms with Gasteiger partial charge in [0.25, 0.3) is 0 Å². The minimum Gasteiger partial charge on any atom is -0.492 e. The van der Waals surface area contributed by atoms with E-state index in [4.69, 9.17) is 28.4 Å². The Kier molecular flexibility index (Phi) is 19.3. The molecule has 0 amide bonds. The largest absolute Gasteiger partial charge is 0.492 e. The van der Waals surface area contributed by atoms with Gasteiger partial charge in [-0.1, -0.05) is 89.3 Å². The molecule has 0 saturated carbocycles. The van der Waals surface area contributed by atoms with Crippen molar-refractivity contribution in [2.24, 2.45) is 5.92 Å². The highest BCUT2D eigenvalue weighted by molar-refractivity contribution is 5.72. The summed E-state index contributed by atoms with van der Waals surface area (Å²) in [5.41, 5.74) is 2.20. The van der Waals surface area contributed by atoms with Crippen LogP contribution in [0.4, 0.5) is 22.0 Å². The normalized spacial score (nSPS) is 17.8. The van der Waals surface area contributed by atoms with Gasteiger partial charge in [0.1, 0.15) is 17.2 Å². The number of benzene rings is 2. The summed E-state index contributed by atoms with van der Waals surface area (Å²) in [4.78, 5) is 12.5. The smallest absolute Gasteiger partial charge is 0.453 e. The molecule has 3 rings (SSSR count). The van der Waals surface area contributed by atoms with Crippen molar-refractivity contribution in [2.75, 3.05) is 41.0 Å². The number of halogens is 5. The molecule has 306 valence electrons. The van der Waals surface area contributed by atoms with Gasteiger partial charge in [0.15, 0.2) is 13.6 Å². The average Bonchev–Trinajstić information content (AvgIpc) is 3.15. The van der Waals surface area contributed by atoms with Gasteiger partial charge in [-0.2, -0.15) is 22.0 Å². The Morgan fingerprint density at radius 2 is 1.33 bits per heavy atom. The Morgan fingerprint density at radius 1 is 0.778 bits per heavy atom. The monoisotopic (exact) mass is 772 g/mol. The third kappa shape index (κ3) is 13.6. The molecule has 0 bridgehead atoms. The molecule has 2 aromatic carbocycles. The standard InChI is InChI=1S/C42H61F5O7/c1-5-40(33-21-23-34(24-22-33)53-30-49-3)29-52-38-28-35(54-31-50-4)25-26-36(38)37(40)20-16-11-9-7-8-10-14-18-32(39(48)51-6-2)19-15-12-13-17-27-41(43,44)42(45,46)47/h21-26,28,32,37H,5-20,27,29-31H2,1-4H3. The van der Waals surface area contributed by atoms with Crippen molar-refractivity contribution in [2.45, 2.75) is 140 Å². The lowest BCUT2D eigenvalue weighted by Crippen LogP contribution is -2.42. The second-order valence-electron chi connectivity index (χ2n) is 14.3. The summed E-state index contributed by atoms with van der Waals surface area (Å²) in [6.45, 7) is 5.17. The van der Waals surface area contributed by atoms with Crippen LogP contribution in [-0.4, -0.2) is 59.1 Å². The number of rotatable bonds is 27. The van der Waals surface area contributed by atoms with Gasteiger partial charge >= 0.3 is 18.1 Å². The highest BCUT2D eigenvalue weighted by Gasteiger charge is 2.56. The molecular formula is C42H61F5O7. The summed E-state index contributed by atoms with van der Waals surface area (Å²) in [5, 5.41) is 0. The molecule has 0 aliphatic carbocycles. The van der Waals surface area contributed by atoms with Crippen LogP contribution in [0.5, 0.6) is 17.2 Å². The minimum atomic E-state index is -5.51. The SMILES string of the molecule is CCOC(=O)C(CCCCCCCCCC1c2ccc(OCOC)cc2OCC1(CC)c1ccc(OCOC)cc1)CCCCCCC(F)(F)C(F)(F)F. The van der Waals surface area contributed by atoms with Crippen molar-refractivity contribution < 1.29 is 55.2 Å². The highest BCUT2D eigenvalue weighted by atomic mass is 19.4. The van der Waals surface area contributed by atoms with E-state index >= 15 is 0 Å². The van der Waals surface area contributed by atoms with Crippen LogP contribution < -0.4 is 14.2 Å². The fourth-order valence-electron chi connectivity index (χ4n) is 7.52. The predicted octanol–water partition coefficient (Wildman–Crippen LogP) is 11.7. The van der Waals surface area contributed by atoms with Gasteiger partial charge in [0, 0.05) is 38.0 Å². The molecule has 0 aromatic heterocycles. The van der Waals surface area contributed by atoms with E-state index in [0.29, 0.717) is 38.0 Å². The van der Waals surface area contributed by atoms with E-state index in [2.05, 4.69) is 25.1 Å². The molecule has 0 fully saturated rings. The molecule has 0 N–H and O–H groups in total. The van der Waals surface area contributed by atoms with Crippen molar-refractivity contribution in [3.63, 3.8) is 0 Å². The van der Waals surface area contributed by atoms with E-state index in [9.17, 15) is 26.7 Å². The van der Waals surface area contributed by atoms with E-state index in [-0.39, 0.29) is 56.3 Å². The molecule has 0 saturated heterocycles.